The van der Waals surface area contributed by atoms with E-state index in [0.29, 0.717) is 16.9 Å². The van der Waals surface area contributed by atoms with Gasteiger partial charge >= 0.3 is 5.97 Å². The number of hydrogen-bond acceptors (Lipinski definition) is 4. The van der Waals surface area contributed by atoms with Crippen LogP contribution >= 0.6 is 0 Å². The highest BCUT2D eigenvalue weighted by molar-refractivity contribution is 5.98. The number of carbonyl (C=O) groups excluding carboxylic acids is 2. The number of carbonyl (C=O) groups is 2. The molecule has 3 aromatic rings. The molecule has 3 N–H and O–H groups in total. The summed E-state index contributed by atoms with van der Waals surface area (Å²) in [5.41, 5.74) is 9.02. The summed E-state index contributed by atoms with van der Waals surface area (Å²) in [6, 6.07) is 23.5. The van der Waals surface area contributed by atoms with Crippen LogP contribution in [0.15, 0.2) is 78.9 Å². The van der Waals surface area contributed by atoms with Crippen LogP contribution in [-0.4, -0.2) is 18.5 Å². The van der Waals surface area contributed by atoms with Gasteiger partial charge in [0.2, 0.25) is 0 Å². The molecule has 0 atom stereocenters. The van der Waals surface area contributed by atoms with Crippen LogP contribution in [0.25, 0.3) is 11.1 Å². The van der Waals surface area contributed by atoms with Crippen LogP contribution in [0.1, 0.15) is 10.4 Å². The first kappa shape index (κ1) is 17.2. The molecule has 0 aliphatic rings. The first-order valence-electron chi connectivity index (χ1n) is 8.10. The minimum absolute atomic E-state index is 0.344. The summed E-state index contributed by atoms with van der Waals surface area (Å²) >= 11 is 0. The molecule has 0 aromatic heterocycles. The van der Waals surface area contributed by atoms with E-state index in [1.54, 1.807) is 24.3 Å². The second-order valence-electron chi connectivity index (χ2n) is 5.66. The van der Waals surface area contributed by atoms with Gasteiger partial charge in [0.1, 0.15) is 0 Å². The summed E-state index contributed by atoms with van der Waals surface area (Å²) in [5.74, 6) is -0.978. The lowest BCUT2D eigenvalue weighted by atomic mass is 10.0. The molecule has 0 radical (unpaired) electrons. The first-order valence-corrected chi connectivity index (χ1v) is 8.10. The fraction of sp³-hybridized carbons (Fsp3) is 0.0476. The highest BCUT2D eigenvalue weighted by atomic mass is 16.5. The Morgan fingerprint density at radius 1 is 0.846 bits per heavy atom. The van der Waals surface area contributed by atoms with Crippen molar-refractivity contribution in [1.29, 1.82) is 0 Å². The minimum atomic E-state index is -0.573. The average molecular weight is 346 g/mol. The molecule has 0 aliphatic heterocycles. The number of ether oxygens (including phenoxy) is 1. The van der Waals surface area contributed by atoms with Gasteiger partial charge < -0.3 is 15.8 Å². The highest BCUT2D eigenvalue weighted by Crippen LogP contribution is 2.27. The zero-order valence-electron chi connectivity index (χ0n) is 14.0. The first-order chi connectivity index (χ1) is 12.6. The maximum Gasteiger partial charge on any atom is 0.338 e. The number of esters is 1. The van der Waals surface area contributed by atoms with Crippen molar-refractivity contribution in [2.75, 3.05) is 17.7 Å². The third-order valence-electron chi connectivity index (χ3n) is 3.77. The third kappa shape index (κ3) is 4.27. The zero-order chi connectivity index (χ0) is 18.4. The number of amides is 1. The molecule has 0 fully saturated rings. The Hall–Kier alpha value is -3.60. The Bertz CT molecular complexity index is 906. The van der Waals surface area contributed by atoms with Crippen LogP contribution in [0.5, 0.6) is 0 Å². The Morgan fingerprint density at radius 3 is 2.23 bits per heavy atom. The van der Waals surface area contributed by atoms with Crippen molar-refractivity contribution in [3.63, 3.8) is 0 Å². The largest absolute Gasteiger partial charge is 0.452 e. The average Bonchev–Trinajstić information content (AvgIpc) is 2.68. The predicted molar refractivity (Wildman–Crippen MR) is 102 cm³/mol. The van der Waals surface area contributed by atoms with Crippen molar-refractivity contribution in [1.82, 2.24) is 0 Å². The quantitative estimate of drug-likeness (QED) is 0.545. The van der Waals surface area contributed by atoms with Crippen molar-refractivity contribution < 1.29 is 14.3 Å². The van der Waals surface area contributed by atoms with Crippen LogP contribution in [0.3, 0.4) is 0 Å². The van der Waals surface area contributed by atoms with Crippen molar-refractivity contribution >= 4 is 23.3 Å². The Labute approximate surface area is 151 Å². The van der Waals surface area contributed by atoms with Crippen molar-refractivity contribution in [2.45, 2.75) is 0 Å². The standard InChI is InChI=1S/C21H18N2O3/c22-17-12-10-16(11-13-17)21(25)26-14-20(24)23-19-9-5-4-8-18(19)15-6-2-1-3-7-15/h1-13H,14,22H2,(H,23,24). The predicted octanol–water partition coefficient (Wildman–Crippen LogP) is 3.73. The summed E-state index contributed by atoms with van der Waals surface area (Å²) < 4.78 is 5.06. The second kappa shape index (κ2) is 7.98. The van der Waals surface area contributed by atoms with Gasteiger partial charge in [-0.3, -0.25) is 4.79 Å². The lowest BCUT2D eigenvalue weighted by Crippen LogP contribution is -2.21. The number of anilines is 2. The molecule has 0 unspecified atom stereocenters. The molecule has 130 valence electrons. The minimum Gasteiger partial charge on any atom is -0.452 e. The molecule has 5 heteroatoms. The van der Waals surface area contributed by atoms with Crippen molar-refractivity contribution in [3.05, 3.63) is 84.4 Å². The summed E-state index contributed by atoms with van der Waals surface area (Å²) in [4.78, 5) is 24.1. The molecule has 1 amide bonds. The van der Waals surface area contributed by atoms with E-state index in [1.807, 2.05) is 54.6 Å². The fourth-order valence-electron chi connectivity index (χ4n) is 2.48. The normalized spacial score (nSPS) is 10.2. The molecule has 0 bridgehead atoms. The maximum atomic E-state index is 12.2. The Kier molecular flexibility index (Phi) is 5.29. The van der Waals surface area contributed by atoms with E-state index in [9.17, 15) is 9.59 Å². The molecule has 3 aromatic carbocycles. The van der Waals surface area contributed by atoms with Crippen LogP contribution in [0.2, 0.25) is 0 Å². The van der Waals surface area contributed by atoms with E-state index in [2.05, 4.69) is 5.32 Å². The molecule has 0 saturated carbocycles. The van der Waals surface area contributed by atoms with Gasteiger partial charge in [0, 0.05) is 16.9 Å². The number of para-hydroxylation sites is 1. The molecule has 0 spiro atoms. The van der Waals surface area contributed by atoms with Crippen molar-refractivity contribution in [3.8, 4) is 11.1 Å². The molecule has 0 saturated heterocycles. The lowest BCUT2D eigenvalue weighted by molar-refractivity contribution is -0.119. The van der Waals surface area contributed by atoms with Gasteiger partial charge in [0.05, 0.1) is 5.56 Å². The van der Waals surface area contributed by atoms with E-state index in [0.717, 1.165) is 11.1 Å². The number of nitrogens with one attached hydrogen (secondary N) is 1. The van der Waals surface area contributed by atoms with E-state index in [-0.39, 0.29) is 6.61 Å². The fourth-order valence-corrected chi connectivity index (χ4v) is 2.48. The number of nitrogen functional groups attached to an aromatic ring is 1. The van der Waals surface area contributed by atoms with Crippen LogP contribution in [0, 0.1) is 0 Å². The summed E-state index contributed by atoms with van der Waals surface area (Å²) in [6.07, 6.45) is 0. The lowest BCUT2D eigenvalue weighted by Gasteiger charge is -2.11. The van der Waals surface area contributed by atoms with Gasteiger partial charge in [0.25, 0.3) is 5.91 Å². The monoisotopic (exact) mass is 346 g/mol. The topological polar surface area (TPSA) is 81.4 Å². The van der Waals surface area contributed by atoms with Gasteiger partial charge in [0.15, 0.2) is 6.61 Å². The SMILES string of the molecule is Nc1ccc(C(=O)OCC(=O)Nc2ccccc2-c2ccccc2)cc1. The van der Waals surface area contributed by atoms with Gasteiger partial charge in [-0.05, 0) is 35.9 Å². The molecule has 0 aliphatic carbocycles. The molecule has 5 nitrogen and oxygen atoms in total. The van der Waals surface area contributed by atoms with E-state index in [1.165, 1.54) is 0 Å². The van der Waals surface area contributed by atoms with Crippen LogP contribution < -0.4 is 11.1 Å². The molecule has 0 heterocycles. The third-order valence-corrected chi connectivity index (χ3v) is 3.77. The number of nitrogens with two attached hydrogens (primary N) is 1. The van der Waals surface area contributed by atoms with Gasteiger partial charge in [-0.15, -0.1) is 0 Å². The zero-order valence-corrected chi connectivity index (χ0v) is 14.0. The Balaban J connectivity index is 1.64. The van der Waals surface area contributed by atoms with E-state index < -0.39 is 11.9 Å². The number of benzene rings is 3. The summed E-state index contributed by atoms with van der Waals surface area (Å²) in [7, 11) is 0. The van der Waals surface area contributed by atoms with E-state index >= 15 is 0 Å². The maximum absolute atomic E-state index is 12.2. The number of hydrogen-bond donors (Lipinski definition) is 2. The van der Waals surface area contributed by atoms with Gasteiger partial charge in [-0.1, -0.05) is 48.5 Å². The smallest absolute Gasteiger partial charge is 0.338 e. The molecular weight excluding hydrogens is 328 g/mol. The molecular formula is C21H18N2O3. The van der Waals surface area contributed by atoms with Gasteiger partial charge in [-0.25, -0.2) is 4.79 Å². The van der Waals surface area contributed by atoms with E-state index in [4.69, 9.17) is 10.5 Å². The van der Waals surface area contributed by atoms with Crippen LogP contribution in [0.4, 0.5) is 11.4 Å². The molecule has 26 heavy (non-hydrogen) atoms. The second-order valence-corrected chi connectivity index (χ2v) is 5.66. The summed E-state index contributed by atoms with van der Waals surface area (Å²) in [6.45, 7) is -0.369. The van der Waals surface area contributed by atoms with Crippen molar-refractivity contribution in [2.24, 2.45) is 0 Å². The number of rotatable bonds is 5. The van der Waals surface area contributed by atoms with Crippen LogP contribution in [-0.2, 0) is 9.53 Å². The highest BCUT2D eigenvalue weighted by Gasteiger charge is 2.12. The molecule has 3 rings (SSSR count). The Morgan fingerprint density at radius 2 is 1.50 bits per heavy atom. The summed E-state index contributed by atoms with van der Waals surface area (Å²) in [5, 5.41) is 2.79. The van der Waals surface area contributed by atoms with Gasteiger partial charge in [-0.2, -0.15) is 0 Å².